The average Bonchev–Trinajstić information content (AvgIpc) is 3.91. The monoisotopic (exact) mass is 674 g/mol. The number of hydrogen-bond acceptors (Lipinski definition) is 7. The van der Waals surface area contributed by atoms with Crippen LogP contribution in [0.15, 0.2) is 36.4 Å². The second-order valence-corrected chi connectivity index (χ2v) is 14.1. The fourth-order valence-corrected chi connectivity index (χ4v) is 8.16. The first-order valence-corrected chi connectivity index (χ1v) is 18.6. The van der Waals surface area contributed by atoms with Crippen molar-refractivity contribution in [2.75, 3.05) is 40.0 Å². The van der Waals surface area contributed by atoms with E-state index in [4.69, 9.17) is 14.2 Å². The number of ether oxygens (including phenoxy) is 3. The summed E-state index contributed by atoms with van der Waals surface area (Å²) in [5.41, 5.74) is 4.93. The van der Waals surface area contributed by atoms with Gasteiger partial charge in [-0.15, -0.1) is 0 Å². The summed E-state index contributed by atoms with van der Waals surface area (Å²) in [6.07, 6.45) is 11.5. The number of fused-ring (bicyclic) bond motifs is 2. The number of aryl methyl sites for hydroxylation is 1. The molecule has 4 aliphatic rings. The quantitative estimate of drug-likeness (QED) is 0.240. The Morgan fingerprint density at radius 1 is 0.816 bits per heavy atom. The lowest BCUT2D eigenvalue weighted by atomic mass is 9.83. The number of amides is 3. The fraction of sp³-hybridized carbons (Fsp3) is 0.615. The van der Waals surface area contributed by atoms with Crippen molar-refractivity contribution >= 4 is 17.7 Å². The third kappa shape index (κ3) is 8.40. The van der Waals surface area contributed by atoms with Crippen LogP contribution in [-0.4, -0.2) is 80.8 Å². The van der Waals surface area contributed by atoms with Gasteiger partial charge in [-0.1, -0.05) is 43.5 Å². The van der Waals surface area contributed by atoms with Crippen molar-refractivity contribution in [2.24, 2.45) is 5.92 Å². The minimum atomic E-state index is -0.607. The summed E-state index contributed by atoms with van der Waals surface area (Å²) >= 11 is 0. The van der Waals surface area contributed by atoms with Gasteiger partial charge in [0.05, 0.1) is 25.3 Å². The van der Waals surface area contributed by atoms with Gasteiger partial charge in [0.25, 0.3) is 0 Å². The van der Waals surface area contributed by atoms with Crippen molar-refractivity contribution in [1.82, 2.24) is 20.9 Å². The zero-order valence-corrected chi connectivity index (χ0v) is 29.3. The maximum Gasteiger partial charge on any atom is 0.246 e. The van der Waals surface area contributed by atoms with Crippen LogP contribution in [-0.2, 0) is 38.4 Å². The first kappa shape index (κ1) is 35.2. The standard InChI is InChI=1S/C39H54N4O6/c1-26(40-2)37(44)42-36(28-10-4-3-5-11-28)39(46)43-21-9-16-33(43)38(45)41-32-20-19-31-30(32)15-8-18-35(31)49-25-23-47-22-24-48-34-17-7-13-27-12-6-14-29(27)34/h7-8,13,15,17-18,26,28,32-33,36,40H,3-6,9-12,14,16,19-25H2,1-2H3,(H,41,45)(H,42,44)/t26-,32+,33-,36-/m0/s1. The number of likely N-dealkylation sites (tertiary alicyclic amines) is 1. The van der Waals surface area contributed by atoms with E-state index < -0.39 is 18.1 Å². The highest BCUT2D eigenvalue weighted by atomic mass is 16.5. The molecule has 266 valence electrons. The van der Waals surface area contributed by atoms with Crippen molar-refractivity contribution in [1.29, 1.82) is 0 Å². The highest BCUT2D eigenvalue weighted by Crippen LogP contribution is 2.38. The Hall–Kier alpha value is -3.63. The summed E-state index contributed by atoms with van der Waals surface area (Å²) in [5.74, 6) is 1.47. The number of benzene rings is 2. The predicted octanol–water partition coefficient (Wildman–Crippen LogP) is 4.42. The zero-order valence-electron chi connectivity index (χ0n) is 29.3. The molecular weight excluding hydrogens is 620 g/mol. The van der Waals surface area contributed by atoms with Gasteiger partial charge in [-0.2, -0.15) is 0 Å². The van der Waals surface area contributed by atoms with Crippen molar-refractivity contribution in [2.45, 2.75) is 108 Å². The van der Waals surface area contributed by atoms with Gasteiger partial charge in [0.1, 0.15) is 36.8 Å². The molecule has 3 aliphatic carbocycles. The van der Waals surface area contributed by atoms with Crippen molar-refractivity contribution in [3.8, 4) is 11.5 Å². The number of rotatable bonds is 15. The van der Waals surface area contributed by atoms with Crippen LogP contribution < -0.4 is 25.4 Å². The molecule has 1 saturated heterocycles. The average molecular weight is 675 g/mol. The van der Waals surface area contributed by atoms with Gasteiger partial charge in [0, 0.05) is 6.54 Å². The molecule has 1 aliphatic heterocycles. The first-order valence-electron chi connectivity index (χ1n) is 18.6. The normalized spacial score (nSPS) is 21.5. The molecule has 0 spiro atoms. The van der Waals surface area contributed by atoms with E-state index in [1.54, 1.807) is 18.9 Å². The van der Waals surface area contributed by atoms with E-state index in [0.29, 0.717) is 39.4 Å². The fourth-order valence-electron chi connectivity index (χ4n) is 8.16. The SMILES string of the molecule is CN[C@@H](C)C(=O)N[C@H](C(=O)N1CCC[C@H]1C(=O)N[C@@H]1CCc2c(OCCOCCOc3cccc4c3CCC4)cccc21)C1CCCCC1. The highest BCUT2D eigenvalue weighted by Gasteiger charge is 2.42. The minimum absolute atomic E-state index is 0.0901. The van der Waals surface area contributed by atoms with Gasteiger partial charge in [-0.05, 0) is 112 Å². The lowest BCUT2D eigenvalue weighted by Crippen LogP contribution is -2.58. The number of carbonyl (C=O) groups is 3. The summed E-state index contributed by atoms with van der Waals surface area (Å²) in [6.45, 7) is 4.22. The van der Waals surface area contributed by atoms with Crippen LogP contribution in [0.1, 0.15) is 93.0 Å². The van der Waals surface area contributed by atoms with Crippen LogP contribution in [0, 0.1) is 5.92 Å². The van der Waals surface area contributed by atoms with E-state index in [0.717, 1.165) is 86.8 Å². The molecule has 0 radical (unpaired) electrons. The van der Waals surface area contributed by atoms with Gasteiger partial charge in [0.2, 0.25) is 17.7 Å². The predicted molar refractivity (Wildman–Crippen MR) is 188 cm³/mol. The van der Waals surface area contributed by atoms with E-state index in [9.17, 15) is 14.4 Å². The second kappa shape index (κ2) is 16.9. The topological polar surface area (TPSA) is 118 Å². The molecule has 0 aromatic heterocycles. The van der Waals surface area contributed by atoms with E-state index in [-0.39, 0.29) is 29.7 Å². The van der Waals surface area contributed by atoms with E-state index in [2.05, 4.69) is 34.1 Å². The Morgan fingerprint density at radius 3 is 2.31 bits per heavy atom. The molecule has 10 nitrogen and oxygen atoms in total. The summed E-state index contributed by atoms with van der Waals surface area (Å²) in [6, 6.07) is 10.6. The van der Waals surface area contributed by atoms with Crippen LogP contribution >= 0.6 is 0 Å². The van der Waals surface area contributed by atoms with Gasteiger partial charge in [-0.25, -0.2) is 0 Å². The Bertz CT molecular complexity index is 1460. The molecule has 3 N–H and O–H groups in total. The Kier molecular flexibility index (Phi) is 12.1. The molecule has 2 fully saturated rings. The summed E-state index contributed by atoms with van der Waals surface area (Å²) in [4.78, 5) is 42.4. The molecule has 4 atom stereocenters. The molecule has 2 aromatic rings. The van der Waals surface area contributed by atoms with Crippen LogP contribution in [0.3, 0.4) is 0 Å². The molecule has 0 unspecified atom stereocenters. The van der Waals surface area contributed by atoms with Gasteiger partial charge < -0.3 is 35.1 Å². The number of carbonyl (C=O) groups excluding carboxylic acids is 3. The van der Waals surface area contributed by atoms with Gasteiger partial charge in [0.15, 0.2) is 0 Å². The molecule has 1 saturated carbocycles. The number of nitrogens with zero attached hydrogens (tertiary/aromatic N) is 1. The van der Waals surface area contributed by atoms with Crippen molar-refractivity contribution in [3.05, 3.63) is 58.7 Å². The molecule has 2 aromatic carbocycles. The first-order chi connectivity index (χ1) is 23.9. The smallest absolute Gasteiger partial charge is 0.246 e. The van der Waals surface area contributed by atoms with Crippen molar-refractivity contribution < 1.29 is 28.6 Å². The van der Waals surface area contributed by atoms with E-state index in [1.807, 2.05) is 18.2 Å². The summed E-state index contributed by atoms with van der Waals surface area (Å²) < 4.78 is 18.0. The number of nitrogens with one attached hydrogen (secondary N) is 3. The molecule has 6 rings (SSSR count). The Morgan fingerprint density at radius 2 is 1.55 bits per heavy atom. The summed E-state index contributed by atoms with van der Waals surface area (Å²) in [7, 11) is 1.74. The molecule has 10 heteroatoms. The van der Waals surface area contributed by atoms with Crippen LogP contribution in [0.4, 0.5) is 0 Å². The van der Waals surface area contributed by atoms with Gasteiger partial charge in [-0.3, -0.25) is 14.4 Å². The third-order valence-corrected chi connectivity index (χ3v) is 11.0. The largest absolute Gasteiger partial charge is 0.491 e. The maximum absolute atomic E-state index is 14.1. The number of hydrogen-bond donors (Lipinski definition) is 3. The van der Waals surface area contributed by atoms with Crippen LogP contribution in [0.2, 0.25) is 0 Å². The molecule has 3 amide bonds. The Balaban J connectivity index is 0.994. The maximum atomic E-state index is 14.1. The van der Waals surface area contributed by atoms with E-state index in [1.165, 1.54) is 17.5 Å². The second-order valence-electron chi connectivity index (χ2n) is 14.1. The van der Waals surface area contributed by atoms with Crippen LogP contribution in [0.25, 0.3) is 0 Å². The molecule has 0 bridgehead atoms. The van der Waals surface area contributed by atoms with Crippen molar-refractivity contribution in [3.63, 3.8) is 0 Å². The zero-order chi connectivity index (χ0) is 34.2. The molecular formula is C39H54N4O6. The molecule has 1 heterocycles. The summed E-state index contributed by atoms with van der Waals surface area (Å²) in [5, 5.41) is 9.30. The third-order valence-electron chi connectivity index (χ3n) is 11.0. The number of likely N-dealkylation sites (N-methyl/N-ethyl adjacent to an activating group) is 1. The minimum Gasteiger partial charge on any atom is -0.491 e. The Labute approximate surface area is 291 Å². The van der Waals surface area contributed by atoms with Gasteiger partial charge >= 0.3 is 0 Å². The highest BCUT2D eigenvalue weighted by molar-refractivity contribution is 5.93. The molecule has 49 heavy (non-hydrogen) atoms. The lowest BCUT2D eigenvalue weighted by molar-refractivity contribution is -0.143. The lowest BCUT2D eigenvalue weighted by Gasteiger charge is -2.35. The van der Waals surface area contributed by atoms with E-state index >= 15 is 0 Å². The van der Waals surface area contributed by atoms with Crippen LogP contribution in [0.5, 0.6) is 11.5 Å².